The Morgan fingerprint density at radius 3 is 2.23 bits per heavy atom. The molecule has 0 spiro atoms. The Kier molecular flexibility index (Phi) is 6.51. The fraction of sp³-hybridized carbons (Fsp3) is 0.263. The van der Waals surface area contributed by atoms with E-state index in [0.717, 1.165) is 5.56 Å². The quantitative estimate of drug-likeness (QED) is 0.636. The summed E-state index contributed by atoms with van der Waals surface area (Å²) in [5.74, 6) is -0.0904. The monoisotopic (exact) mass is 393 g/mol. The summed E-state index contributed by atoms with van der Waals surface area (Å²) in [5, 5.41) is 9.31. The van der Waals surface area contributed by atoms with Gasteiger partial charge in [0, 0.05) is 17.8 Å². The second kappa shape index (κ2) is 8.43. The molecule has 2 aromatic rings. The Morgan fingerprint density at radius 1 is 0.962 bits per heavy atom. The highest BCUT2D eigenvalue weighted by molar-refractivity contribution is 6.42. The number of amides is 3. The molecule has 0 saturated carbocycles. The molecule has 3 amide bonds. The maximum Gasteiger partial charge on any atom is 0.319 e. The lowest BCUT2D eigenvalue weighted by molar-refractivity contribution is -0.115. The van der Waals surface area contributed by atoms with Crippen molar-refractivity contribution >= 4 is 46.5 Å². The topological polar surface area (TPSA) is 70.2 Å². The van der Waals surface area contributed by atoms with Gasteiger partial charge in [0.1, 0.15) is 0 Å². The Labute approximate surface area is 163 Å². The SMILES string of the molecule is CCC(=O)Nc1cccc(NC(=O)NC(C)(C)c2ccc(Cl)c(Cl)c2)c1. The summed E-state index contributed by atoms with van der Waals surface area (Å²) in [6, 6.07) is 11.8. The molecule has 0 aliphatic carbocycles. The van der Waals surface area contributed by atoms with Crippen molar-refractivity contribution in [2.24, 2.45) is 0 Å². The third-order valence-electron chi connectivity index (χ3n) is 3.79. The number of hydrogen-bond donors (Lipinski definition) is 3. The van der Waals surface area contributed by atoms with Crippen molar-refractivity contribution in [2.45, 2.75) is 32.7 Å². The van der Waals surface area contributed by atoms with E-state index in [9.17, 15) is 9.59 Å². The second-order valence-electron chi connectivity index (χ2n) is 6.32. The van der Waals surface area contributed by atoms with Crippen molar-refractivity contribution in [3.63, 3.8) is 0 Å². The smallest absolute Gasteiger partial charge is 0.319 e. The van der Waals surface area contributed by atoms with Crippen LogP contribution < -0.4 is 16.0 Å². The fourth-order valence-electron chi connectivity index (χ4n) is 2.33. The Bertz CT molecular complexity index is 822. The van der Waals surface area contributed by atoms with Gasteiger partial charge in [-0.1, -0.05) is 42.3 Å². The Balaban J connectivity index is 2.06. The molecule has 138 valence electrons. The average molecular weight is 394 g/mol. The predicted octanol–water partition coefficient (Wildman–Crippen LogP) is 5.40. The van der Waals surface area contributed by atoms with Gasteiger partial charge in [-0.2, -0.15) is 0 Å². The highest BCUT2D eigenvalue weighted by Crippen LogP contribution is 2.28. The summed E-state index contributed by atoms with van der Waals surface area (Å²) < 4.78 is 0. The van der Waals surface area contributed by atoms with E-state index in [4.69, 9.17) is 23.2 Å². The van der Waals surface area contributed by atoms with Crippen molar-refractivity contribution in [3.05, 3.63) is 58.1 Å². The minimum atomic E-state index is -0.660. The highest BCUT2D eigenvalue weighted by Gasteiger charge is 2.23. The first kappa shape index (κ1) is 20.1. The molecule has 0 unspecified atom stereocenters. The first-order valence-corrected chi connectivity index (χ1v) is 8.91. The Hall–Kier alpha value is -2.24. The standard InChI is InChI=1S/C19H21Cl2N3O2/c1-4-17(25)22-13-6-5-7-14(11-13)23-18(26)24-19(2,3)12-8-9-15(20)16(21)10-12/h5-11H,4H2,1-3H3,(H,22,25)(H2,23,24,26). The van der Waals surface area contributed by atoms with E-state index < -0.39 is 5.54 Å². The zero-order valence-corrected chi connectivity index (χ0v) is 16.3. The van der Waals surface area contributed by atoms with Crippen LogP contribution in [0.3, 0.4) is 0 Å². The molecule has 0 heterocycles. The van der Waals surface area contributed by atoms with Crippen LogP contribution in [0.4, 0.5) is 16.2 Å². The van der Waals surface area contributed by atoms with E-state index in [-0.39, 0.29) is 11.9 Å². The van der Waals surface area contributed by atoms with Gasteiger partial charge in [-0.05, 0) is 49.7 Å². The third-order valence-corrected chi connectivity index (χ3v) is 4.53. The normalized spacial score (nSPS) is 11.0. The van der Waals surface area contributed by atoms with Gasteiger partial charge in [0.25, 0.3) is 0 Å². The van der Waals surface area contributed by atoms with Crippen molar-refractivity contribution in [1.82, 2.24) is 5.32 Å². The zero-order chi connectivity index (χ0) is 19.3. The number of anilines is 2. The van der Waals surface area contributed by atoms with E-state index >= 15 is 0 Å². The molecule has 0 bridgehead atoms. The molecular weight excluding hydrogens is 373 g/mol. The van der Waals surface area contributed by atoms with Crippen molar-refractivity contribution in [2.75, 3.05) is 10.6 Å². The first-order chi connectivity index (χ1) is 12.2. The zero-order valence-electron chi connectivity index (χ0n) is 14.8. The lowest BCUT2D eigenvalue weighted by Crippen LogP contribution is -2.43. The summed E-state index contributed by atoms with van der Waals surface area (Å²) in [7, 11) is 0. The first-order valence-electron chi connectivity index (χ1n) is 8.16. The van der Waals surface area contributed by atoms with Gasteiger partial charge < -0.3 is 16.0 Å². The van der Waals surface area contributed by atoms with Gasteiger partial charge in [-0.25, -0.2) is 4.79 Å². The van der Waals surface area contributed by atoms with Crippen LogP contribution >= 0.6 is 23.2 Å². The van der Waals surface area contributed by atoms with Crippen LogP contribution in [0, 0.1) is 0 Å². The molecule has 7 heteroatoms. The van der Waals surface area contributed by atoms with Crippen molar-refractivity contribution in [1.29, 1.82) is 0 Å². The number of rotatable bonds is 5. The molecule has 26 heavy (non-hydrogen) atoms. The number of hydrogen-bond acceptors (Lipinski definition) is 2. The summed E-state index contributed by atoms with van der Waals surface area (Å²) in [6.45, 7) is 5.50. The minimum Gasteiger partial charge on any atom is -0.329 e. The fourth-order valence-corrected chi connectivity index (χ4v) is 2.63. The van der Waals surface area contributed by atoms with E-state index in [0.29, 0.717) is 27.8 Å². The van der Waals surface area contributed by atoms with Crippen molar-refractivity contribution < 1.29 is 9.59 Å². The number of nitrogens with one attached hydrogen (secondary N) is 3. The molecule has 0 radical (unpaired) electrons. The summed E-state index contributed by atoms with van der Waals surface area (Å²) >= 11 is 12.0. The van der Waals surface area contributed by atoms with Crippen LogP contribution in [-0.2, 0) is 10.3 Å². The molecule has 5 nitrogen and oxygen atoms in total. The van der Waals surface area contributed by atoms with Crippen LogP contribution in [0.1, 0.15) is 32.8 Å². The molecule has 0 aliphatic heterocycles. The van der Waals surface area contributed by atoms with Crippen LogP contribution in [0.2, 0.25) is 10.0 Å². The third kappa shape index (κ3) is 5.38. The average Bonchev–Trinajstić information content (AvgIpc) is 2.56. The second-order valence-corrected chi connectivity index (χ2v) is 7.13. The van der Waals surface area contributed by atoms with Gasteiger partial charge in [0.2, 0.25) is 5.91 Å². The highest BCUT2D eigenvalue weighted by atomic mass is 35.5. The lowest BCUT2D eigenvalue weighted by Gasteiger charge is -2.27. The molecule has 0 aliphatic rings. The van der Waals surface area contributed by atoms with Gasteiger partial charge in [0.05, 0.1) is 15.6 Å². The van der Waals surface area contributed by atoms with E-state index in [2.05, 4.69) is 16.0 Å². The van der Waals surface area contributed by atoms with Crippen LogP contribution in [0.25, 0.3) is 0 Å². The van der Waals surface area contributed by atoms with E-state index in [1.54, 1.807) is 43.3 Å². The van der Waals surface area contributed by atoms with Gasteiger partial charge in [-0.15, -0.1) is 0 Å². The van der Waals surface area contributed by atoms with Gasteiger partial charge in [0.15, 0.2) is 0 Å². The maximum atomic E-state index is 12.4. The number of carbonyl (C=O) groups is 2. The molecule has 0 saturated heterocycles. The summed E-state index contributed by atoms with van der Waals surface area (Å²) in [6.07, 6.45) is 0.385. The Morgan fingerprint density at radius 2 is 1.62 bits per heavy atom. The molecule has 2 rings (SSSR count). The summed E-state index contributed by atoms with van der Waals surface area (Å²) in [5.41, 5.74) is 1.36. The number of carbonyl (C=O) groups excluding carboxylic acids is 2. The molecular formula is C19H21Cl2N3O2. The van der Waals surface area contributed by atoms with Crippen LogP contribution in [0.15, 0.2) is 42.5 Å². The molecule has 0 atom stereocenters. The maximum absolute atomic E-state index is 12.4. The minimum absolute atomic E-state index is 0.0904. The van der Waals surface area contributed by atoms with Gasteiger partial charge in [-0.3, -0.25) is 4.79 Å². The molecule has 3 N–H and O–H groups in total. The van der Waals surface area contributed by atoms with E-state index in [1.807, 2.05) is 19.9 Å². The van der Waals surface area contributed by atoms with E-state index in [1.165, 1.54) is 0 Å². The van der Waals surface area contributed by atoms with Crippen LogP contribution in [0.5, 0.6) is 0 Å². The van der Waals surface area contributed by atoms with Gasteiger partial charge >= 0.3 is 6.03 Å². The number of urea groups is 1. The number of halogens is 2. The lowest BCUT2D eigenvalue weighted by atomic mass is 9.94. The number of benzene rings is 2. The van der Waals surface area contributed by atoms with Crippen LogP contribution in [-0.4, -0.2) is 11.9 Å². The molecule has 2 aromatic carbocycles. The predicted molar refractivity (Wildman–Crippen MR) is 107 cm³/mol. The molecule has 0 aromatic heterocycles. The molecule has 0 fully saturated rings. The van der Waals surface area contributed by atoms with Crippen molar-refractivity contribution in [3.8, 4) is 0 Å². The largest absolute Gasteiger partial charge is 0.329 e. The summed E-state index contributed by atoms with van der Waals surface area (Å²) in [4.78, 5) is 23.9.